The summed E-state index contributed by atoms with van der Waals surface area (Å²) < 4.78 is 0. The van der Waals surface area contributed by atoms with E-state index < -0.39 is 0 Å². The number of rotatable bonds is 3. The number of piperidine rings is 1. The SMILES string of the molecule is CN1CCC(C=O)(Nc2ccccc2)CC1. The van der Waals surface area contributed by atoms with Gasteiger partial charge in [0.05, 0.1) is 5.54 Å². The van der Waals surface area contributed by atoms with Crippen LogP contribution in [0.2, 0.25) is 0 Å². The highest BCUT2D eigenvalue weighted by atomic mass is 16.1. The molecular weight excluding hydrogens is 200 g/mol. The third-order valence-electron chi connectivity index (χ3n) is 3.27. The number of nitrogens with one attached hydrogen (secondary N) is 1. The molecule has 1 aromatic carbocycles. The van der Waals surface area contributed by atoms with Gasteiger partial charge in [0.2, 0.25) is 0 Å². The molecule has 3 heteroatoms. The van der Waals surface area contributed by atoms with E-state index in [1.165, 1.54) is 0 Å². The van der Waals surface area contributed by atoms with Crippen molar-refractivity contribution in [1.82, 2.24) is 4.90 Å². The fourth-order valence-corrected chi connectivity index (χ4v) is 2.10. The summed E-state index contributed by atoms with van der Waals surface area (Å²) in [4.78, 5) is 13.6. The van der Waals surface area contributed by atoms with E-state index in [9.17, 15) is 4.79 Å². The van der Waals surface area contributed by atoms with Crippen LogP contribution < -0.4 is 5.32 Å². The number of benzene rings is 1. The van der Waals surface area contributed by atoms with Gasteiger partial charge < -0.3 is 15.0 Å². The molecule has 0 atom stereocenters. The molecule has 1 aliphatic heterocycles. The number of aldehydes is 1. The predicted molar refractivity (Wildman–Crippen MR) is 65.6 cm³/mol. The molecule has 2 rings (SSSR count). The fourth-order valence-electron chi connectivity index (χ4n) is 2.10. The summed E-state index contributed by atoms with van der Waals surface area (Å²) in [7, 11) is 2.09. The predicted octanol–water partition coefficient (Wildman–Crippen LogP) is 1.76. The van der Waals surface area contributed by atoms with Gasteiger partial charge >= 0.3 is 0 Å². The fraction of sp³-hybridized carbons (Fsp3) is 0.462. The van der Waals surface area contributed by atoms with Crippen molar-refractivity contribution in [1.29, 1.82) is 0 Å². The van der Waals surface area contributed by atoms with Gasteiger partial charge in [-0.2, -0.15) is 0 Å². The number of anilines is 1. The molecule has 3 nitrogen and oxygen atoms in total. The van der Waals surface area contributed by atoms with Crippen molar-refractivity contribution in [2.75, 3.05) is 25.5 Å². The van der Waals surface area contributed by atoms with Crippen LogP contribution in [0, 0.1) is 0 Å². The maximum absolute atomic E-state index is 11.3. The summed E-state index contributed by atoms with van der Waals surface area (Å²) in [5.74, 6) is 0. The molecule has 0 aliphatic carbocycles. The van der Waals surface area contributed by atoms with E-state index in [1.807, 2.05) is 30.3 Å². The van der Waals surface area contributed by atoms with Crippen molar-refractivity contribution in [3.8, 4) is 0 Å². The lowest BCUT2D eigenvalue weighted by Gasteiger charge is -2.37. The van der Waals surface area contributed by atoms with Crippen molar-refractivity contribution >= 4 is 12.0 Å². The molecule has 86 valence electrons. The number of hydrogen-bond donors (Lipinski definition) is 1. The Morgan fingerprint density at radius 1 is 1.25 bits per heavy atom. The molecule has 1 aliphatic rings. The van der Waals surface area contributed by atoms with Gasteiger partial charge in [-0.05, 0) is 32.0 Å². The molecule has 0 saturated carbocycles. The summed E-state index contributed by atoms with van der Waals surface area (Å²) in [5.41, 5.74) is 0.660. The van der Waals surface area contributed by atoms with Gasteiger partial charge in [-0.3, -0.25) is 0 Å². The van der Waals surface area contributed by atoms with Gasteiger partial charge in [0.15, 0.2) is 0 Å². The minimum absolute atomic E-state index is 0.367. The Bertz CT molecular complexity index is 342. The second-order valence-electron chi connectivity index (χ2n) is 4.57. The summed E-state index contributed by atoms with van der Waals surface area (Å²) in [5, 5.41) is 3.37. The van der Waals surface area contributed by atoms with Crippen LogP contribution in [0.4, 0.5) is 5.69 Å². The van der Waals surface area contributed by atoms with Gasteiger partial charge in [-0.25, -0.2) is 0 Å². The Labute approximate surface area is 96.5 Å². The highest BCUT2D eigenvalue weighted by molar-refractivity contribution is 5.71. The Morgan fingerprint density at radius 2 is 1.88 bits per heavy atom. The standard InChI is InChI=1S/C13H18N2O/c1-15-9-7-13(11-16,8-10-15)14-12-5-3-2-4-6-12/h2-6,11,14H,7-10H2,1H3. The lowest BCUT2D eigenvalue weighted by molar-refractivity contribution is -0.112. The van der Waals surface area contributed by atoms with E-state index in [-0.39, 0.29) is 5.54 Å². The zero-order valence-corrected chi connectivity index (χ0v) is 9.65. The first-order chi connectivity index (χ1) is 7.74. The Morgan fingerprint density at radius 3 is 2.44 bits per heavy atom. The zero-order valence-electron chi connectivity index (χ0n) is 9.65. The van der Waals surface area contributed by atoms with E-state index in [0.717, 1.165) is 37.9 Å². The van der Waals surface area contributed by atoms with Crippen LogP contribution in [0.3, 0.4) is 0 Å². The third kappa shape index (κ3) is 2.42. The molecule has 0 aromatic heterocycles. The van der Waals surface area contributed by atoms with Crippen LogP contribution in [-0.4, -0.2) is 36.9 Å². The van der Waals surface area contributed by atoms with Gasteiger partial charge in [0.25, 0.3) is 0 Å². The quantitative estimate of drug-likeness (QED) is 0.785. The summed E-state index contributed by atoms with van der Waals surface area (Å²) in [6.07, 6.45) is 2.83. The van der Waals surface area contributed by atoms with Crippen LogP contribution in [0.1, 0.15) is 12.8 Å². The summed E-state index contributed by atoms with van der Waals surface area (Å²) in [6, 6.07) is 9.95. The maximum Gasteiger partial charge on any atom is 0.145 e. The topological polar surface area (TPSA) is 32.3 Å². The Balaban J connectivity index is 2.08. The number of carbonyl (C=O) groups is 1. The van der Waals surface area contributed by atoms with Crippen LogP contribution in [0.5, 0.6) is 0 Å². The maximum atomic E-state index is 11.3. The normalized spacial score (nSPS) is 20.3. The van der Waals surface area contributed by atoms with Crippen molar-refractivity contribution in [3.05, 3.63) is 30.3 Å². The molecular formula is C13H18N2O. The molecule has 1 heterocycles. The third-order valence-corrected chi connectivity index (χ3v) is 3.27. The molecule has 1 aromatic rings. The summed E-state index contributed by atoms with van der Waals surface area (Å²) >= 11 is 0. The Hall–Kier alpha value is -1.35. The minimum Gasteiger partial charge on any atom is -0.373 e. The molecule has 0 spiro atoms. The van der Waals surface area contributed by atoms with E-state index >= 15 is 0 Å². The van der Waals surface area contributed by atoms with Crippen molar-refractivity contribution < 1.29 is 4.79 Å². The molecule has 0 bridgehead atoms. The van der Waals surface area contributed by atoms with Crippen LogP contribution in [0.15, 0.2) is 30.3 Å². The van der Waals surface area contributed by atoms with Crippen molar-refractivity contribution in [2.24, 2.45) is 0 Å². The second-order valence-corrected chi connectivity index (χ2v) is 4.57. The highest BCUT2D eigenvalue weighted by Gasteiger charge is 2.33. The molecule has 16 heavy (non-hydrogen) atoms. The Kier molecular flexibility index (Phi) is 3.25. The van der Waals surface area contributed by atoms with Gasteiger partial charge in [0.1, 0.15) is 6.29 Å². The molecule has 0 radical (unpaired) electrons. The lowest BCUT2D eigenvalue weighted by Crippen LogP contribution is -2.49. The van der Waals surface area contributed by atoms with E-state index in [2.05, 4.69) is 17.3 Å². The average molecular weight is 218 g/mol. The highest BCUT2D eigenvalue weighted by Crippen LogP contribution is 2.24. The van der Waals surface area contributed by atoms with E-state index in [4.69, 9.17) is 0 Å². The van der Waals surface area contributed by atoms with E-state index in [0.29, 0.717) is 0 Å². The molecule has 1 fully saturated rings. The first kappa shape index (κ1) is 11.1. The number of nitrogens with zero attached hydrogens (tertiary/aromatic N) is 1. The number of para-hydroxylation sites is 1. The van der Waals surface area contributed by atoms with Crippen LogP contribution in [-0.2, 0) is 4.79 Å². The van der Waals surface area contributed by atoms with Crippen LogP contribution >= 0.6 is 0 Å². The monoisotopic (exact) mass is 218 g/mol. The number of hydrogen-bond acceptors (Lipinski definition) is 3. The average Bonchev–Trinajstić information content (AvgIpc) is 2.34. The molecule has 1 N–H and O–H groups in total. The lowest BCUT2D eigenvalue weighted by atomic mass is 9.89. The largest absolute Gasteiger partial charge is 0.373 e. The first-order valence-electron chi connectivity index (χ1n) is 5.72. The van der Waals surface area contributed by atoms with E-state index in [1.54, 1.807) is 0 Å². The zero-order chi connectivity index (χ0) is 11.4. The van der Waals surface area contributed by atoms with Gasteiger partial charge in [-0.15, -0.1) is 0 Å². The number of carbonyl (C=O) groups excluding carboxylic acids is 1. The molecule has 1 saturated heterocycles. The van der Waals surface area contributed by atoms with Crippen LogP contribution in [0.25, 0.3) is 0 Å². The molecule has 0 amide bonds. The van der Waals surface area contributed by atoms with Gasteiger partial charge in [0, 0.05) is 18.8 Å². The number of likely N-dealkylation sites (tertiary alicyclic amines) is 1. The van der Waals surface area contributed by atoms with Crippen molar-refractivity contribution in [3.63, 3.8) is 0 Å². The van der Waals surface area contributed by atoms with Crippen molar-refractivity contribution in [2.45, 2.75) is 18.4 Å². The second kappa shape index (κ2) is 4.66. The van der Waals surface area contributed by atoms with Gasteiger partial charge in [-0.1, -0.05) is 18.2 Å². The smallest absolute Gasteiger partial charge is 0.145 e. The minimum atomic E-state index is -0.367. The summed E-state index contributed by atoms with van der Waals surface area (Å²) in [6.45, 7) is 1.94. The molecule has 0 unspecified atom stereocenters. The first-order valence-corrected chi connectivity index (χ1v) is 5.72.